The molecule has 22 heavy (non-hydrogen) atoms. The van der Waals surface area contributed by atoms with Crippen LogP contribution in [0.25, 0.3) is 10.9 Å². The fraction of sp³-hybridized carbons (Fsp3) is 0.471. The molecule has 1 aliphatic heterocycles. The van der Waals surface area contributed by atoms with Crippen molar-refractivity contribution in [2.45, 2.75) is 33.2 Å². The number of hydrogen-bond acceptors (Lipinski definition) is 2. The number of halogens is 1. The predicted octanol–water partition coefficient (Wildman–Crippen LogP) is 2.82. The number of aromatic nitrogens is 1. The van der Waals surface area contributed by atoms with Gasteiger partial charge in [0, 0.05) is 29.7 Å². The van der Waals surface area contributed by atoms with Crippen LogP contribution in [0.3, 0.4) is 0 Å². The van der Waals surface area contributed by atoms with Gasteiger partial charge in [0.15, 0.2) is 0 Å². The molecule has 1 aliphatic rings. The molecule has 1 aromatic heterocycles. The van der Waals surface area contributed by atoms with Gasteiger partial charge < -0.3 is 15.6 Å². The zero-order chi connectivity index (χ0) is 14.8. The van der Waals surface area contributed by atoms with Crippen molar-refractivity contribution in [1.82, 2.24) is 15.6 Å². The Balaban J connectivity index is 0.00000176. The Morgan fingerprint density at radius 1 is 1.36 bits per heavy atom. The lowest BCUT2D eigenvalue weighted by Gasteiger charge is -2.21. The van der Waals surface area contributed by atoms with E-state index in [4.69, 9.17) is 0 Å². The monoisotopic (exact) mass is 321 g/mol. The summed E-state index contributed by atoms with van der Waals surface area (Å²) < 4.78 is 0. The van der Waals surface area contributed by atoms with E-state index in [0.717, 1.165) is 37.0 Å². The molecule has 2 heterocycles. The zero-order valence-electron chi connectivity index (χ0n) is 13.2. The molecule has 4 nitrogen and oxygen atoms in total. The van der Waals surface area contributed by atoms with Gasteiger partial charge >= 0.3 is 0 Å². The van der Waals surface area contributed by atoms with Crippen LogP contribution in [0.5, 0.6) is 0 Å². The van der Waals surface area contributed by atoms with E-state index in [0.29, 0.717) is 6.54 Å². The predicted molar refractivity (Wildman–Crippen MR) is 92.5 cm³/mol. The van der Waals surface area contributed by atoms with Gasteiger partial charge in [0.2, 0.25) is 5.91 Å². The van der Waals surface area contributed by atoms with E-state index in [1.807, 2.05) is 0 Å². The summed E-state index contributed by atoms with van der Waals surface area (Å²) in [5.74, 6) is 0.294. The summed E-state index contributed by atoms with van der Waals surface area (Å²) in [6.45, 7) is 6.67. The quantitative estimate of drug-likeness (QED) is 0.814. The van der Waals surface area contributed by atoms with Crippen molar-refractivity contribution in [3.8, 4) is 0 Å². The van der Waals surface area contributed by atoms with Crippen molar-refractivity contribution < 1.29 is 4.79 Å². The summed E-state index contributed by atoms with van der Waals surface area (Å²) in [7, 11) is 0. The van der Waals surface area contributed by atoms with E-state index in [1.165, 1.54) is 16.6 Å². The molecule has 3 N–H and O–H groups in total. The highest BCUT2D eigenvalue weighted by Crippen LogP contribution is 2.22. The number of nitrogens with one attached hydrogen (secondary N) is 3. The van der Waals surface area contributed by atoms with Crippen LogP contribution in [0.4, 0.5) is 0 Å². The second kappa shape index (κ2) is 7.16. The smallest absolute Gasteiger partial charge is 0.224 e. The van der Waals surface area contributed by atoms with Crippen molar-refractivity contribution in [3.63, 3.8) is 0 Å². The number of aromatic amines is 1. The molecular formula is C17H24ClN3O. The molecule has 5 heteroatoms. The Kier molecular flexibility index (Phi) is 5.48. The molecule has 1 atom stereocenters. The maximum atomic E-state index is 12.1. The van der Waals surface area contributed by atoms with Crippen LogP contribution < -0.4 is 10.6 Å². The van der Waals surface area contributed by atoms with Gasteiger partial charge in [0.1, 0.15) is 0 Å². The van der Waals surface area contributed by atoms with Crippen LogP contribution in [-0.4, -0.2) is 24.0 Å². The van der Waals surface area contributed by atoms with Gasteiger partial charge in [0.25, 0.3) is 0 Å². The normalized spacial score (nSPS) is 18.0. The molecule has 1 amide bonds. The Morgan fingerprint density at radius 3 is 2.91 bits per heavy atom. The first-order chi connectivity index (χ1) is 10.1. The standard InChI is InChI=1S/C17H23N3O.ClH/c1-11-12(2)20-16-6-5-13(8-15(11)16)9-19-17(21)14-4-3-7-18-10-14;/h5-6,8,14,18,20H,3-4,7,9-10H2,1-2H3,(H,19,21);1H. The van der Waals surface area contributed by atoms with Gasteiger partial charge in [-0.15, -0.1) is 12.4 Å². The number of hydrogen-bond donors (Lipinski definition) is 3. The van der Waals surface area contributed by atoms with E-state index in [1.54, 1.807) is 0 Å². The van der Waals surface area contributed by atoms with Crippen LogP contribution in [0.2, 0.25) is 0 Å². The number of fused-ring (bicyclic) bond motifs is 1. The highest BCUT2D eigenvalue weighted by molar-refractivity contribution is 5.85. The van der Waals surface area contributed by atoms with Crippen molar-refractivity contribution in [3.05, 3.63) is 35.0 Å². The fourth-order valence-corrected chi connectivity index (χ4v) is 3.03. The number of carbonyl (C=O) groups excluding carboxylic acids is 1. The summed E-state index contributed by atoms with van der Waals surface area (Å²) in [6.07, 6.45) is 2.08. The molecule has 0 radical (unpaired) electrons. The van der Waals surface area contributed by atoms with E-state index in [-0.39, 0.29) is 24.2 Å². The minimum atomic E-state index is 0. The van der Waals surface area contributed by atoms with Crippen LogP contribution in [0.1, 0.15) is 29.7 Å². The molecule has 2 aromatic rings. The molecule has 0 saturated carbocycles. The van der Waals surface area contributed by atoms with Crippen LogP contribution in [0, 0.1) is 19.8 Å². The first-order valence-corrected chi connectivity index (χ1v) is 7.71. The van der Waals surface area contributed by atoms with Crippen molar-refractivity contribution >= 4 is 29.2 Å². The van der Waals surface area contributed by atoms with Gasteiger partial charge in [-0.2, -0.15) is 0 Å². The van der Waals surface area contributed by atoms with Gasteiger partial charge in [-0.1, -0.05) is 6.07 Å². The molecule has 3 rings (SSSR count). The Labute approximate surface area is 137 Å². The van der Waals surface area contributed by atoms with Gasteiger partial charge in [-0.25, -0.2) is 0 Å². The van der Waals surface area contributed by atoms with E-state index < -0.39 is 0 Å². The van der Waals surface area contributed by atoms with Crippen LogP contribution >= 0.6 is 12.4 Å². The summed E-state index contributed by atoms with van der Waals surface area (Å²) in [4.78, 5) is 15.5. The lowest BCUT2D eigenvalue weighted by molar-refractivity contribution is -0.125. The number of H-pyrrole nitrogens is 1. The fourth-order valence-electron chi connectivity index (χ4n) is 3.03. The Bertz CT molecular complexity index is 659. The molecule has 0 spiro atoms. The second-order valence-corrected chi connectivity index (χ2v) is 6.02. The van der Waals surface area contributed by atoms with Gasteiger partial charge in [-0.05, 0) is 56.5 Å². The van der Waals surface area contributed by atoms with E-state index in [2.05, 4.69) is 47.7 Å². The molecule has 1 saturated heterocycles. The number of rotatable bonds is 3. The summed E-state index contributed by atoms with van der Waals surface area (Å²) in [5, 5.41) is 7.60. The molecule has 120 valence electrons. The highest BCUT2D eigenvalue weighted by Gasteiger charge is 2.20. The third kappa shape index (κ3) is 3.45. The average Bonchev–Trinajstić information content (AvgIpc) is 2.80. The lowest BCUT2D eigenvalue weighted by Crippen LogP contribution is -2.40. The second-order valence-electron chi connectivity index (χ2n) is 6.02. The zero-order valence-corrected chi connectivity index (χ0v) is 14.0. The largest absolute Gasteiger partial charge is 0.358 e. The minimum absolute atomic E-state index is 0. The SMILES string of the molecule is Cc1[nH]c2ccc(CNC(=O)C3CCCNC3)cc2c1C.Cl. The van der Waals surface area contributed by atoms with Crippen LogP contribution in [-0.2, 0) is 11.3 Å². The first-order valence-electron chi connectivity index (χ1n) is 7.71. The molecule has 1 fully saturated rings. The van der Waals surface area contributed by atoms with E-state index in [9.17, 15) is 4.79 Å². The van der Waals surface area contributed by atoms with Crippen molar-refractivity contribution in [2.75, 3.05) is 13.1 Å². The van der Waals surface area contributed by atoms with Gasteiger partial charge in [-0.3, -0.25) is 4.79 Å². The summed E-state index contributed by atoms with van der Waals surface area (Å²) in [6, 6.07) is 6.35. The van der Waals surface area contributed by atoms with Crippen molar-refractivity contribution in [1.29, 1.82) is 0 Å². The number of amides is 1. The molecule has 0 aliphatic carbocycles. The summed E-state index contributed by atoms with van der Waals surface area (Å²) >= 11 is 0. The molecular weight excluding hydrogens is 298 g/mol. The van der Waals surface area contributed by atoms with Crippen LogP contribution in [0.15, 0.2) is 18.2 Å². The highest BCUT2D eigenvalue weighted by atomic mass is 35.5. The first kappa shape index (κ1) is 16.8. The molecule has 0 bridgehead atoms. The maximum absolute atomic E-state index is 12.1. The average molecular weight is 322 g/mol. The van der Waals surface area contributed by atoms with Gasteiger partial charge in [0.05, 0.1) is 5.92 Å². The molecule has 1 aromatic carbocycles. The third-order valence-electron chi connectivity index (χ3n) is 4.51. The number of benzene rings is 1. The number of piperidine rings is 1. The lowest BCUT2D eigenvalue weighted by atomic mass is 9.99. The minimum Gasteiger partial charge on any atom is -0.358 e. The molecule has 1 unspecified atom stereocenters. The number of carbonyl (C=O) groups is 1. The maximum Gasteiger partial charge on any atom is 0.224 e. The number of aryl methyl sites for hydroxylation is 2. The summed E-state index contributed by atoms with van der Waals surface area (Å²) in [5.41, 5.74) is 4.81. The Morgan fingerprint density at radius 2 is 2.18 bits per heavy atom. The third-order valence-corrected chi connectivity index (χ3v) is 4.51. The van der Waals surface area contributed by atoms with E-state index >= 15 is 0 Å². The topological polar surface area (TPSA) is 56.9 Å². The van der Waals surface area contributed by atoms with Crippen molar-refractivity contribution in [2.24, 2.45) is 5.92 Å². The Hall–Kier alpha value is -1.52.